The molecule has 2 aromatic rings. The van der Waals surface area contributed by atoms with Gasteiger partial charge in [-0.05, 0) is 30.3 Å². The number of aromatic nitrogens is 1. The lowest BCUT2D eigenvalue weighted by atomic mass is 10.3. The average molecular weight is 293 g/mol. The molecule has 0 amide bonds. The Balaban J connectivity index is 2.32. The van der Waals surface area contributed by atoms with E-state index in [1.807, 2.05) is 0 Å². The van der Waals surface area contributed by atoms with Gasteiger partial charge in [-0.25, -0.2) is 12.7 Å². The fraction of sp³-hybridized carbons (Fsp3) is 0.154. The Hall–Kier alpha value is -2.12. The van der Waals surface area contributed by atoms with E-state index in [2.05, 4.69) is 4.98 Å². The van der Waals surface area contributed by atoms with Gasteiger partial charge in [0.2, 0.25) is 10.0 Å². The first-order valence-corrected chi connectivity index (χ1v) is 7.25. The van der Waals surface area contributed by atoms with Crippen LogP contribution < -0.4 is 10.5 Å². The Morgan fingerprint density at radius 3 is 2.55 bits per heavy atom. The molecule has 0 unspecified atom stereocenters. The number of benzene rings is 1. The molecule has 2 rings (SSSR count). The van der Waals surface area contributed by atoms with Crippen LogP contribution in [0.1, 0.15) is 0 Å². The molecule has 0 saturated heterocycles. The molecule has 2 N–H and O–H groups in total. The molecule has 20 heavy (non-hydrogen) atoms. The summed E-state index contributed by atoms with van der Waals surface area (Å²) in [4.78, 5) is 4.05. The van der Waals surface area contributed by atoms with E-state index in [0.29, 0.717) is 11.5 Å². The maximum Gasteiger partial charge on any atom is 0.242 e. The first-order valence-electron chi connectivity index (χ1n) is 5.81. The van der Waals surface area contributed by atoms with Crippen LogP contribution in [0, 0.1) is 0 Å². The zero-order chi connectivity index (χ0) is 14.8. The molecule has 0 fully saturated rings. The number of ether oxygens (including phenoxy) is 1. The van der Waals surface area contributed by atoms with Gasteiger partial charge in [0.1, 0.15) is 11.5 Å². The molecule has 1 aromatic heterocycles. The van der Waals surface area contributed by atoms with Gasteiger partial charge in [-0.15, -0.1) is 0 Å². The topological polar surface area (TPSA) is 85.5 Å². The van der Waals surface area contributed by atoms with Crippen molar-refractivity contribution in [1.82, 2.24) is 9.29 Å². The molecular weight excluding hydrogens is 278 g/mol. The third kappa shape index (κ3) is 2.89. The first kappa shape index (κ1) is 14.3. The third-order valence-corrected chi connectivity index (χ3v) is 4.43. The molecule has 106 valence electrons. The fourth-order valence-corrected chi connectivity index (χ4v) is 2.46. The number of pyridine rings is 1. The van der Waals surface area contributed by atoms with Gasteiger partial charge >= 0.3 is 0 Å². The van der Waals surface area contributed by atoms with Crippen LogP contribution in [0.3, 0.4) is 0 Å². The summed E-state index contributed by atoms with van der Waals surface area (Å²) < 4.78 is 30.6. The van der Waals surface area contributed by atoms with Crippen LogP contribution in [0.4, 0.5) is 5.69 Å². The molecule has 0 spiro atoms. The predicted molar refractivity (Wildman–Crippen MR) is 76.0 cm³/mol. The van der Waals surface area contributed by atoms with E-state index in [9.17, 15) is 8.42 Å². The van der Waals surface area contributed by atoms with Gasteiger partial charge in [0.05, 0.1) is 16.8 Å². The number of hydrogen-bond donors (Lipinski definition) is 1. The highest BCUT2D eigenvalue weighted by Gasteiger charge is 2.18. The molecule has 1 heterocycles. The number of sulfonamides is 1. The van der Waals surface area contributed by atoms with Crippen molar-refractivity contribution in [2.45, 2.75) is 4.90 Å². The predicted octanol–water partition coefficient (Wildman–Crippen LogP) is 1.71. The van der Waals surface area contributed by atoms with E-state index in [1.165, 1.54) is 32.3 Å². The van der Waals surface area contributed by atoms with Crippen LogP contribution >= 0.6 is 0 Å². The van der Waals surface area contributed by atoms with E-state index < -0.39 is 10.0 Å². The maximum atomic E-state index is 12.0. The van der Waals surface area contributed by atoms with Crippen molar-refractivity contribution < 1.29 is 13.2 Å². The van der Waals surface area contributed by atoms with Crippen molar-refractivity contribution in [2.24, 2.45) is 0 Å². The molecule has 0 bridgehead atoms. The lowest BCUT2D eigenvalue weighted by molar-refractivity contribution is 0.482. The van der Waals surface area contributed by atoms with Crippen molar-refractivity contribution in [3.05, 3.63) is 42.7 Å². The minimum atomic E-state index is -3.50. The van der Waals surface area contributed by atoms with Crippen molar-refractivity contribution in [1.29, 1.82) is 0 Å². The highest BCUT2D eigenvalue weighted by Crippen LogP contribution is 2.29. The third-order valence-electron chi connectivity index (χ3n) is 2.62. The van der Waals surface area contributed by atoms with Crippen LogP contribution in [0.2, 0.25) is 0 Å². The normalized spacial score (nSPS) is 11.6. The second-order valence-electron chi connectivity index (χ2n) is 4.28. The second-order valence-corrected chi connectivity index (χ2v) is 6.43. The second kappa shape index (κ2) is 5.48. The van der Waals surface area contributed by atoms with Crippen molar-refractivity contribution >= 4 is 15.7 Å². The van der Waals surface area contributed by atoms with Crippen molar-refractivity contribution in [3.8, 4) is 11.5 Å². The number of nitrogens with zero attached hydrogens (tertiary/aromatic N) is 2. The first-order chi connectivity index (χ1) is 9.41. The summed E-state index contributed by atoms with van der Waals surface area (Å²) in [5, 5.41) is 0. The van der Waals surface area contributed by atoms with E-state index in [1.54, 1.807) is 24.5 Å². The average Bonchev–Trinajstić information content (AvgIpc) is 2.42. The Kier molecular flexibility index (Phi) is 3.91. The number of anilines is 1. The molecule has 7 heteroatoms. The zero-order valence-corrected chi connectivity index (χ0v) is 12.0. The van der Waals surface area contributed by atoms with Gasteiger partial charge in [-0.3, -0.25) is 4.98 Å². The molecule has 6 nitrogen and oxygen atoms in total. The summed E-state index contributed by atoms with van der Waals surface area (Å²) in [5.41, 5.74) is 6.08. The number of rotatable bonds is 4. The van der Waals surface area contributed by atoms with Crippen LogP contribution in [-0.2, 0) is 10.0 Å². The minimum Gasteiger partial charge on any atom is -0.454 e. The SMILES string of the molecule is CN(C)S(=O)(=O)c1ccc(Oc2cccnc2)c(N)c1. The minimum absolute atomic E-state index is 0.124. The summed E-state index contributed by atoms with van der Waals surface area (Å²) in [7, 11) is -0.576. The quantitative estimate of drug-likeness (QED) is 0.867. The van der Waals surface area contributed by atoms with Crippen LogP contribution in [0.15, 0.2) is 47.6 Å². The number of nitrogens with two attached hydrogens (primary N) is 1. The van der Waals surface area contributed by atoms with Gasteiger partial charge in [-0.2, -0.15) is 0 Å². The van der Waals surface area contributed by atoms with Gasteiger partial charge in [0, 0.05) is 20.3 Å². The van der Waals surface area contributed by atoms with Crippen LogP contribution in [-0.4, -0.2) is 31.8 Å². The standard InChI is InChI=1S/C13H15N3O3S/c1-16(2)20(17,18)11-5-6-13(12(14)8-11)19-10-4-3-7-15-9-10/h3-9H,14H2,1-2H3. The summed E-state index contributed by atoms with van der Waals surface area (Å²) in [5.74, 6) is 0.915. The summed E-state index contributed by atoms with van der Waals surface area (Å²) in [6, 6.07) is 7.82. The Morgan fingerprint density at radius 1 is 1.25 bits per heavy atom. The smallest absolute Gasteiger partial charge is 0.242 e. The van der Waals surface area contributed by atoms with Gasteiger partial charge < -0.3 is 10.5 Å². The van der Waals surface area contributed by atoms with E-state index >= 15 is 0 Å². The summed E-state index contributed by atoms with van der Waals surface area (Å²) in [6.45, 7) is 0. The summed E-state index contributed by atoms with van der Waals surface area (Å²) >= 11 is 0. The molecule has 0 aliphatic heterocycles. The Morgan fingerprint density at radius 2 is 2.00 bits per heavy atom. The van der Waals surface area contributed by atoms with Crippen molar-refractivity contribution in [2.75, 3.05) is 19.8 Å². The molecule has 0 saturated carbocycles. The highest BCUT2D eigenvalue weighted by atomic mass is 32.2. The Labute approximate surface area is 117 Å². The molecule has 0 aliphatic rings. The zero-order valence-electron chi connectivity index (χ0n) is 11.1. The van der Waals surface area contributed by atoms with Crippen molar-refractivity contribution in [3.63, 3.8) is 0 Å². The molecule has 0 atom stereocenters. The van der Waals surface area contributed by atoms with Gasteiger partial charge in [0.15, 0.2) is 0 Å². The largest absolute Gasteiger partial charge is 0.454 e. The Bertz CT molecular complexity index is 700. The highest BCUT2D eigenvalue weighted by molar-refractivity contribution is 7.89. The van der Waals surface area contributed by atoms with E-state index in [4.69, 9.17) is 10.5 Å². The lowest BCUT2D eigenvalue weighted by Crippen LogP contribution is -2.22. The molecule has 0 radical (unpaired) electrons. The van der Waals surface area contributed by atoms with E-state index in [0.717, 1.165) is 4.31 Å². The van der Waals surface area contributed by atoms with E-state index in [-0.39, 0.29) is 10.6 Å². The summed E-state index contributed by atoms with van der Waals surface area (Å²) in [6.07, 6.45) is 3.17. The number of nitrogen functional groups attached to an aromatic ring is 1. The molecule has 0 aliphatic carbocycles. The van der Waals surface area contributed by atoms with Gasteiger partial charge in [-0.1, -0.05) is 0 Å². The molecular formula is C13H15N3O3S. The maximum absolute atomic E-state index is 12.0. The monoisotopic (exact) mass is 293 g/mol. The lowest BCUT2D eigenvalue weighted by Gasteiger charge is -2.13. The van der Waals surface area contributed by atoms with Crippen LogP contribution in [0.5, 0.6) is 11.5 Å². The van der Waals surface area contributed by atoms with Gasteiger partial charge in [0.25, 0.3) is 0 Å². The van der Waals surface area contributed by atoms with Crippen LogP contribution in [0.25, 0.3) is 0 Å². The fourth-order valence-electron chi connectivity index (χ4n) is 1.53. The molecule has 1 aromatic carbocycles. The number of hydrogen-bond acceptors (Lipinski definition) is 5.